The molecule has 0 atom stereocenters. The van der Waals surface area contributed by atoms with Crippen molar-refractivity contribution >= 4 is 34.9 Å². The average Bonchev–Trinajstić information content (AvgIpc) is 2.97. The van der Waals surface area contributed by atoms with Crippen LogP contribution in [0.15, 0.2) is 59.7 Å². The summed E-state index contributed by atoms with van der Waals surface area (Å²) >= 11 is 0.504. The monoisotopic (exact) mass is 338 g/mol. The Morgan fingerprint density at radius 2 is 1.71 bits per heavy atom. The van der Waals surface area contributed by atoms with E-state index < -0.39 is 0 Å². The molecular formula is C19H16NSe+. The molecule has 0 saturated heterocycles. The fraction of sp³-hybridized carbons (Fsp3) is 0.105. The predicted molar refractivity (Wildman–Crippen MR) is 89.7 cm³/mol. The van der Waals surface area contributed by atoms with Crippen molar-refractivity contribution in [1.82, 2.24) is 0 Å². The van der Waals surface area contributed by atoms with Crippen molar-refractivity contribution in [3.05, 3.63) is 65.2 Å². The molecule has 2 heteroatoms. The van der Waals surface area contributed by atoms with E-state index in [1.54, 1.807) is 0 Å². The molecular weight excluding hydrogens is 321 g/mol. The van der Waals surface area contributed by atoms with Gasteiger partial charge in [-0.3, -0.25) is 0 Å². The Morgan fingerprint density at radius 3 is 2.57 bits per heavy atom. The van der Waals surface area contributed by atoms with Gasteiger partial charge in [0, 0.05) is 0 Å². The van der Waals surface area contributed by atoms with Gasteiger partial charge in [-0.05, 0) is 0 Å². The van der Waals surface area contributed by atoms with Crippen LogP contribution in [0.25, 0.3) is 31.7 Å². The van der Waals surface area contributed by atoms with Crippen molar-refractivity contribution in [2.24, 2.45) is 7.05 Å². The summed E-state index contributed by atoms with van der Waals surface area (Å²) in [5, 5.41) is 4.14. The van der Waals surface area contributed by atoms with Crippen LogP contribution < -0.4 is 4.57 Å². The molecule has 2 heterocycles. The Balaban J connectivity index is 2.17. The molecule has 2 aromatic carbocycles. The summed E-state index contributed by atoms with van der Waals surface area (Å²) in [4.78, 5) is 2.32. The van der Waals surface area contributed by atoms with Gasteiger partial charge in [0.15, 0.2) is 0 Å². The van der Waals surface area contributed by atoms with Crippen LogP contribution in [0.4, 0.5) is 0 Å². The van der Waals surface area contributed by atoms with Crippen LogP contribution >= 0.6 is 0 Å². The number of pyridine rings is 1. The van der Waals surface area contributed by atoms with Gasteiger partial charge in [-0.25, -0.2) is 0 Å². The van der Waals surface area contributed by atoms with Gasteiger partial charge in [0.1, 0.15) is 0 Å². The number of hydrogen-bond donors (Lipinski definition) is 0. The first-order valence-electron chi connectivity index (χ1n) is 7.10. The fourth-order valence-corrected chi connectivity index (χ4v) is 4.76. The molecule has 0 saturated carbocycles. The SMILES string of the molecule is Cc1ccccc1-c1c2ccc3[se]ccc3c2cc[n+]1C. The summed E-state index contributed by atoms with van der Waals surface area (Å²) in [5.74, 6) is 0. The summed E-state index contributed by atoms with van der Waals surface area (Å²) < 4.78 is 3.74. The van der Waals surface area contributed by atoms with Crippen LogP contribution in [-0.4, -0.2) is 14.5 Å². The van der Waals surface area contributed by atoms with Crippen molar-refractivity contribution in [1.29, 1.82) is 0 Å². The van der Waals surface area contributed by atoms with E-state index in [9.17, 15) is 0 Å². The van der Waals surface area contributed by atoms with Crippen molar-refractivity contribution in [2.45, 2.75) is 6.92 Å². The zero-order chi connectivity index (χ0) is 14.4. The van der Waals surface area contributed by atoms with E-state index in [1.165, 1.54) is 37.2 Å². The van der Waals surface area contributed by atoms with Crippen molar-refractivity contribution in [3.8, 4) is 11.3 Å². The van der Waals surface area contributed by atoms with Crippen LogP contribution in [0, 0.1) is 6.92 Å². The molecule has 102 valence electrons. The number of aryl methyl sites for hydroxylation is 2. The summed E-state index contributed by atoms with van der Waals surface area (Å²) in [5.41, 5.74) is 3.94. The van der Waals surface area contributed by atoms with Gasteiger partial charge in [0.2, 0.25) is 0 Å². The Hall–Kier alpha value is -1.89. The number of rotatable bonds is 1. The Morgan fingerprint density at radius 1 is 0.857 bits per heavy atom. The summed E-state index contributed by atoms with van der Waals surface area (Å²) in [7, 11) is 2.13. The van der Waals surface area contributed by atoms with E-state index in [0.717, 1.165) is 0 Å². The third-order valence-electron chi connectivity index (χ3n) is 4.15. The van der Waals surface area contributed by atoms with E-state index in [1.807, 2.05) is 0 Å². The molecule has 4 aromatic rings. The zero-order valence-electron chi connectivity index (χ0n) is 12.1. The van der Waals surface area contributed by atoms with Gasteiger partial charge in [-0.15, -0.1) is 0 Å². The van der Waals surface area contributed by atoms with E-state index in [0.29, 0.717) is 14.5 Å². The topological polar surface area (TPSA) is 3.88 Å². The predicted octanol–water partition coefficient (Wildman–Crippen LogP) is 3.85. The van der Waals surface area contributed by atoms with Gasteiger partial charge < -0.3 is 0 Å². The van der Waals surface area contributed by atoms with Crippen LogP contribution in [-0.2, 0) is 7.05 Å². The van der Waals surface area contributed by atoms with Gasteiger partial charge >= 0.3 is 130 Å². The Labute approximate surface area is 130 Å². The molecule has 0 radical (unpaired) electrons. The third-order valence-corrected chi connectivity index (χ3v) is 6.00. The standard InChI is InChI=1S/C19H16NSe/c1-13-5-3-4-6-14(13)19-17-7-8-18-16(10-12-21-18)15(17)9-11-20(19)2/h3-12H,1-2H3/q+1. The Bertz CT molecular complexity index is 966. The van der Waals surface area contributed by atoms with Gasteiger partial charge in [-0.2, -0.15) is 0 Å². The normalized spacial score (nSPS) is 11.3. The second-order valence-corrected chi connectivity index (χ2v) is 7.44. The molecule has 0 aliphatic carbocycles. The Kier molecular flexibility index (Phi) is 2.95. The molecule has 1 nitrogen and oxygen atoms in total. The second-order valence-electron chi connectivity index (χ2n) is 5.45. The minimum absolute atomic E-state index is 0.504. The third kappa shape index (κ3) is 1.95. The first kappa shape index (κ1) is 12.8. The van der Waals surface area contributed by atoms with Crippen LogP contribution in [0.5, 0.6) is 0 Å². The quantitative estimate of drug-likeness (QED) is 0.367. The molecule has 0 bridgehead atoms. The van der Waals surface area contributed by atoms with E-state index >= 15 is 0 Å². The molecule has 0 aliphatic heterocycles. The maximum absolute atomic E-state index is 2.32. The summed E-state index contributed by atoms with van der Waals surface area (Å²) in [6.45, 7) is 2.19. The molecule has 21 heavy (non-hydrogen) atoms. The molecule has 0 amide bonds. The zero-order valence-corrected chi connectivity index (χ0v) is 13.8. The van der Waals surface area contributed by atoms with Crippen LogP contribution in [0.1, 0.15) is 5.56 Å². The molecule has 0 fully saturated rings. The number of benzene rings is 2. The molecule has 0 N–H and O–H groups in total. The van der Waals surface area contributed by atoms with E-state index in [2.05, 4.69) is 78.2 Å². The first-order valence-corrected chi connectivity index (χ1v) is 8.95. The maximum atomic E-state index is 2.32. The van der Waals surface area contributed by atoms with E-state index in [4.69, 9.17) is 0 Å². The fourth-order valence-electron chi connectivity index (χ4n) is 3.08. The molecule has 0 unspecified atom stereocenters. The van der Waals surface area contributed by atoms with Crippen LogP contribution in [0.3, 0.4) is 0 Å². The molecule has 0 spiro atoms. The van der Waals surface area contributed by atoms with Gasteiger partial charge in [-0.1, -0.05) is 0 Å². The van der Waals surface area contributed by atoms with Crippen molar-refractivity contribution < 1.29 is 4.57 Å². The number of fused-ring (bicyclic) bond motifs is 3. The van der Waals surface area contributed by atoms with Gasteiger partial charge in [0.25, 0.3) is 0 Å². The summed E-state index contributed by atoms with van der Waals surface area (Å²) in [6.07, 6.45) is 2.18. The van der Waals surface area contributed by atoms with E-state index in [-0.39, 0.29) is 0 Å². The first-order chi connectivity index (χ1) is 10.3. The minimum atomic E-state index is 0.504. The number of aromatic nitrogens is 1. The van der Waals surface area contributed by atoms with Gasteiger partial charge in [0.05, 0.1) is 0 Å². The van der Waals surface area contributed by atoms with Crippen molar-refractivity contribution in [3.63, 3.8) is 0 Å². The summed E-state index contributed by atoms with van der Waals surface area (Å²) in [6, 6.07) is 17.8. The average molecular weight is 337 g/mol. The molecule has 0 aliphatic rings. The molecule has 4 rings (SSSR count). The number of hydrogen-bond acceptors (Lipinski definition) is 0. The van der Waals surface area contributed by atoms with Crippen molar-refractivity contribution in [2.75, 3.05) is 0 Å². The molecule has 2 aromatic heterocycles. The number of nitrogens with zero attached hydrogens (tertiary/aromatic N) is 1. The van der Waals surface area contributed by atoms with Crippen LogP contribution in [0.2, 0.25) is 0 Å². The second kappa shape index (κ2) is 4.84.